The van der Waals surface area contributed by atoms with Gasteiger partial charge in [-0.05, 0) is 61.1 Å². The molecule has 0 spiro atoms. The Bertz CT molecular complexity index is 1460. The molecule has 0 radical (unpaired) electrons. The van der Waals surface area contributed by atoms with E-state index in [9.17, 15) is 14.4 Å². The highest BCUT2D eigenvalue weighted by molar-refractivity contribution is 7.12. The van der Waals surface area contributed by atoms with Crippen molar-refractivity contribution in [3.8, 4) is 0 Å². The lowest BCUT2D eigenvalue weighted by Crippen LogP contribution is -2.06. The zero-order valence-corrected chi connectivity index (χ0v) is 34.2. The zero-order chi connectivity index (χ0) is 38.2. The Morgan fingerprint density at radius 1 is 0.549 bits per heavy atom. The first-order valence-corrected chi connectivity index (χ1v) is 19.2. The highest BCUT2D eigenvalue weighted by atomic mass is 32.1. The fourth-order valence-corrected chi connectivity index (χ4v) is 5.37. The topological polar surface area (TPSA) is 51.2 Å². The van der Waals surface area contributed by atoms with Gasteiger partial charge in [0, 0.05) is 29.7 Å². The molecule has 1 heterocycles. The van der Waals surface area contributed by atoms with Crippen molar-refractivity contribution in [2.24, 2.45) is 29.6 Å². The molecule has 0 saturated heterocycles. The summed E-state index contributed by atoms with van der Waals surface area (Å²) in [6, 6.07) is 30.8. The molecule has 4 aromatic rings. The molecular formula is C47H70O3S. The van der Waals surface area contributed by atoms with Gasteiger partial charge < -0.3 is 0 Å². The molecule has 1 aromatic heterocycles. The summed E-state index contributed by atoms with van der Waals surface area (Å²) in [6.45, 7) is 26.6. The van der Waals surface area contributed by atoms with Crippen LogP contribution in [0.4, 0.5) is 0 Å². The molecule has 0 bridgehead atoms. The van der Waals surface area contributed by atoms with Crippen molar-refractivity contribution in [2.45, 2.75) is 117 Å². The Labute approximate surface area is 317 Å². The predicted octanol–water partition coefficient (Wildman–Crippen LogP) is 13.8. The monoisotopic (exact) mass is 715 g/mol. The maximum absolute atomic E-state index is 11.5. The fourth-order valence-electron chi connectivity index (χ4n) is 4.56. The van der Waals surface area contributed by atoms with Gasteiger partial charge in [0.05, 0.1) is 4.88 Å². The smallest absolute Gasteiger partial charge is 0.175 e. The molecule has 0 aliphatic rings. The molecular weight excluding hydrogens is 645 g/mol. The number of ketones is 3. The van der Waals surface area contributed by atoms with Crippen molar-refractivity contribution in [3.05, 3.63) is 129 Å². The van der Waals surface area contributed by atoms with E-state index in [2.05, 4.69) is 89.2 Å². The van der Waals surface area contributed by atoms with Crippen molar-refractivity contribution >= 4 is 28.7 Å². The van der Waals surface area contributed by atoms with E-state index < -0.39 is 0 Å². The van der Waals surface area contributed by atoms with Crippen LogP contribution in [-0.2, 0) is 17.6 Å². The van der Waals surface area contributed by atoms with Gasteiger partial charge in [0.25, 0.3) is 0 Å². The molecule has 0 aliphatic heterocycles. The third-order valence-electron chi connectivity index (χ3n) is 7.35. The zero-order valence-electron chi connectivity index (χ0n) is 33.4. The van der Waals surface area contributed by atoms with Crippen LogP contribution in [0.5, 0.6) is 0 Å². The Morgan fingerprint density at radius 2 is 1.06 bits per heavy atom. The number of carbonyl (C=O) groups excluding carboxylic acids is 3. The normalized spacial score (nSPS) is 10.1. The lowest BCUT2D eigenvalue weighted by molar-refractivity contribution is -0.121. The summed E-state index contributed by atoms with van der Waals surface area (Å²) < 4.78 is 0. The van der Waals surface area contributed by atoms with Gasteiger partial charge in [-0.25, -0.2) is 0 Å². The van der Waals surface area contributed by atoms with E-state index in [0.29, 0.717) is 12.2 Å². The van der Waals surface area contributed by atoms with E-state index in [-0.39, 0.29) is 36.7 Å². The van der Waals surface area contributed by atoms with Gasteiger partial charge in [0.1, 0.15) is 5.78 Å². The Hall–Kier alpha value is -3.63. The lowest BCUT2D eigenvalue weighted by atomic mass is 10.0. The van der Waals surface area contributed by atoms with Crippen LogP contribution in [0.2, 0.25) is 0 Å². The second-order valence-corrected chi connectivity index (χ2v) is 15.5. The molecule has 0 amide bonds. The van der Waals surface area contributed by atoms with Crippen molar-refractivity contribution in [1.82, 2.24) is 0 Å². The Kier molecular flexibility index (Phi) is 27.2. The number of hydrogen-bond acceptors (Lipinski definition) is 4. The van der Waals surface area contributed by atoms with E-state index in [1.54, 1.807) is 0 Å². The average Bonchev–Trinajstić information content (AvgIpc) is 3.60. The largest absolute Gasteiger partial charge is 0.299 e. The third-order valence-corrected chi connectivity index (χ3v) is 8.24. The molecule has 0 saturated carbocycles. The quantitative estimate of drug-likeness (QED) is 0.154. The van der Waals surface area contributed by atoms with E-state index in [0.717, 1.165) is 22.3 Å². The van der Waals surface area contributed by atoms with Crippen molar-refractivity contribution < 1.29 is 14.4 Å². The van der Waals surface area contributed by atoms with Crippen molar-refractivity contribution in [1.29, 1.82) is 0 Å². The van der Waals surface area contributed by atoms with Crippen molar-refractivity contribution in [2.75, 3.05) is 0 Å². The van der Waals surface area contributed by atoms with Crippen LogP contribution < -0.4 is 0 Å². The number of rotatable bonds is 10. The number of hydrogen-bond donors (Lipinski definition) is 0. The second-order valence-electron chi connectivity index (χ2n) is 14.5. The number of benzene rings is 3. The van der Waals surface area contributed by atoms with Crippen LogP contribution in [0, 0.1) is 43.4 Å². The first kappa shape index (κ1) is 49.5. The fraction of sp³-hybridized carbons (Fsp3) is 0.468. The Morgan fingerprint density at radius 3 is 1.45 bits per heavy atom. The predicted molar refractivity (Wildman–Crippen MR) is 225 cm³/mol. The first-order chi connectivity index (χ1) is 23.5. The van der Waals surface area contributed by atoms with Gasteiger partial charge in [-0.3, -0.25) is 14.4 Å². The molecule has 4 rings (SSSR count). The number of aryl methyl sites for hydroxylation is 2. The summed E-state index contributed by atoms with van der Waals surface area (Å²) >= 11 is 1.51. The molecule has 4 heteroatoms. The molecule has 0 atom stereocenters. The van der Waals surface area contributed by atoms with Gasteiger partial charge >= 0.3 is 0 Å². The van der Waals surface area contributed by atoms with E-state index in [4.69, 9.17) is 0 Å². The van der Waals surface area contributed by atoms with E-state index in [1.807, 2.05) is 97.2 Å². The summed E-state index contributed by atoms with van der Waals surface area (Å²) in [5.74, 6) is 2.78. The maximum atomic E-state index is 11.5. The van der Waals surface area contributed by atoms with Gasteiger partial charge in [-0.1, -0.05) is 180 Å². The molecule has 0 aliphatic carbocycles. The van der Waals surface area contributed by atoms with E-state index in [1.165, 1.54) is 46.4 Å². The summed E-state index contributed by atoms with van der Waals surface area (Å²) in [7, 11) is 0. The minimum atomic E-state index is 0. The van der Waals surface area contributed by atoms with Crippen LogP contribution in [0.1, 0.15) is 132 Å². The molecule has 51 heavy (non-hydrogen) atoms. The summed E-state index contributed by atoms with van der Waals surface area (Å²) in [4.78, 5) is 34.1. The van der Waals surface area contributed by atoms with Crippen LogP contribution in [0.3, 0.4) is 0 Å². The van der Waals surface area contributed by atoms with Gasteiger partial charge in [-0.15, -0.1) is 11.3 Å². The third kappa shape index (κ3) is 24.2. The second kappa shape index (κ2) is 28.0. The molecule has 282 valence electrons. The minimum Gasteiger partial charge on any atom is -0.299 e. The van der Waals surface area contributed by atoms with Crippen LogP contribution >= 0.6 is 11.3 Å². The van der Waals surface area contributed by atoms with E-state index >= 15 is 0 Å². The SMILES string of the molecule is C.CC(C)C(=O)c1cccs1.CC(C)Cc1ccccc1.CCC(=O)C(C)C.Cc1ccc(C(=O)C(C)C)cc1.Cc1cccc(CC(C)C)c1. The van der Waals surface area contributed by atoms with Crippen molar-refractivity contribution in [3.63, 3.8) is 0 Å². The summed E-state index contributed by atoms with van der Waals surface area (Å²) in [6.07, 6.45) is 3.07. The summed E-state index contributed by atoms with van der Waals surface area (Å²) in [5, 5.41) is 1.93. The Balaban J connectivity index is 0. The molecule has 3 nitrogen and oxygen atoms in total. The minimum absolute atomic E-state index is 0. The van der Waals surface area contributed by atoms with Crippen LogP contribution in [0.15, 0.2) is 96.4 Å². The van der Waals surface area contributed by atoms with Gasteiger partial charge in [-0.2, -0.15) is 0 Å². The molecule has 3 aromatic carbocycles. The van der Waals surface area contributed by atoms with Gasteiger partial charge in [0.15, 0.2) is 11.6 Å². The first-order valence-electron chi connectivity index (χ1n) is 18.3. The number of Topliss-reactive ketones (excluding diaryl/α,β-unsaturated/α-hetero) is 3. The lowest BCUT2D eigenvalue weighted by Gasteiger charge is -2.04. The molecule has 0 N–H and O–H groups in total. The highest BCUT2D eigenvalue weighted by Crippen LogP contribution is 2.14. The molecule has 0 fully saturated rings. The standard InChI is InChI=1S/C11H14O.C11H16.C10H14.C8H10OS.C6H12O.CH4/c1-8(2)11(12)10-6-4-9(3)5-7-10;1-9(2)7-11-6-4-5-10(3)8-11;1-9(2)8-10-6-4-3-5-7-10;1-6(2)8(9)7-4-3-5-10-7;1-4-6(7)5(2)3;/h4-8H,1-3H3;4-6,8-9H,7H2,1-3H3;3-7,9H,8H2,1-2H3;3-6H,1-2H3;5H,4H2,1-3H3;1H4. The highest BCUT2D eigenvalue weighted by Gasteiger charge is 2.10. The summed E-state index contributed by atoms with van der Waals surface area (Å²) in [5.41, 5.74) is 6.27. The van der Waals surface area contributed by atoms with Crippen LogP contribution in [0.25, 0.3) is 0 Å². The van der Waals surface area contributed by atoms with Crippen LogP contribution in [-0.4, -0.2) is 17.3 Å². The number of carbonyl (C=O) groups is 3. The average molecular weight is 715 g/mol. The number of thiophene rings is 1. The van der Waals surface area contributed by atoms with Gasteiger partial charge in [0.2, 0.25) is 0 Å². The molecule has 0 unspecified atom stereocenters. The maximum Gasteiger partial charge on any atom is 0.175 e.